The van der Waals surface area contributed by atoms with Gasteiger partial charge in [-0.2, -0.15) is 0 Å². The molecule has 10 heavy (non-hydrogen) atoms. The largest absolute Gasteiger partial charge is 0.330 e. The van der Waals surface area contributed by atoms with E-state index in [1.54, 1.807) is 0 Å². The third-order valence-electron chi connectivity index (χ3n) is 1.44. The fourth-order valence-electron chi connectivity index (χ4n) is 0.818. The van der Waals surface area contributed by atoms with Crippen LogP contribution in [0.2, 0.25) is 0 Å². The smallest absolute Gasteiger partial charge is 0.0132 e. The van der Waals surface area contributed by atoms with Crippen molar-refractivity contribution in [1.29, 1.82) is 0 Å². The first kappa shape index (κ1) is 9.66. The Hall–Kier alpha value is -0.340. The number of nitrogens with two attached hydrogens (primary N) is 1. The van der Waals surface area contributed by atoms with Crippen LogP contribution in [0, 0.1) is 5.92 Å². The molecule has 0 rings (SSSR count). The van der Waals surface area contributed by atoms with Gasteiger partial charge in [-0.1, -0.05) is 13.0 Å². The minimum absolute atomic E-state index is 0.685. The van der Waals surface area contributed by atoms with E-state index in [1.807, 2.05) is 6.08 Å². The molecule has 0 heterocycles. The molecule has 0 aromatic heterocycles. The third-order valence-corrected chi connectivity index (χ3v) is 1.44. The van der Waals surface area contributed by atoms with E-state index in [0.717, 1.165) is 26.1 Å². The molecule has 0 aliphatic heterocycles. The lowest BCUT2D eigenvalue weighted by molar-refractivity contribution is 0.501. The normalized spacial score (nSPS) is 13.0. The van der Waals surface area contributed by atoms with Crippen molar-refractivity contribution < 1.29 is 0 Å². The van der Waals surface area contributed by atoms with Crippen LogP contribution in [0.15, 0.2) is 12.7 Å². The Kier molecular flexibility index (Phi) is 6.55. The van der Waals surface area contributed by atoms with E-state index in [-0.39, 0.29) is 0 Å². The summed E-state index contributed by atoms with van der Waals surface area (Å²) in [7, 11) is 0. The molecule has 0 saturated heterocycles. The van der Waals surface area contributed by atoms with Gasteiger partial charge in [0.15, 0.2) is 0 Å². The number of hydrogen-bond acceptors (Lipinski definition) is 2. The maximum Gasteiger partial charge on any atom is 0.0132 e. The predicted molar refractivity (Wildman–Crippen MR) is 45.9 cm³/mol. The molecule has 60 valence electrons. The Bertz CT molecular complexity index is 81.3. The summed E-state index contributed by atoms with van der Waals surface area (Å²) in [5.41, 5.74) is 5.39. The molecule has 0 aliphatic carbocycles. The van der Waals surface area contributed by atoms with Gasteiger partial charge in [0.05, 0.1) is 0 Å². The molecule has 0 aliphatic rings. The SMILES string of the molecule is C=CCNCC(C)CCN. The van der Waals surface area contributed by atoms with E-state index in [9.17, 15) is 0 Å². The van der Waals surface area contributed by atoms with Crippen molar-refractivity contribution in [2.75, 3.05) is 19.6 Å². The maximum atomic E-state index is 5.39. The van der Waals surface area contributed by atoms with Gasteiger partial charge in [0.2, 0.25) is 0 Å². The summed E-state index contributed by atoms with van der Waals surface area (Å²) in [6.45, 7) is 8.54. The van der Waals surface area contributed by atoms with Crippen LogP contribution < -0.4 is 11.1 Å². The van der Waals surface area contributed by atoms with E-state index in [4.69, 9.17) is 5.73 Å². The number of rotatable bonds is 6. The van der Waals surface area contributed by atoms with Crippen LogP contribution in [0.1, 0.15) is 13.3 Å². The fraction of sp³-hybridized carbons (Fsp3) is 0.750. The Balaban J connectivity index is 3.04. The van der Waals surface area contributed by atoms with Crippen molar-refractivity contribution in [2.24, 2.45) is 11.7 Å². The molecule has 0 saturated carbocycles. The van der Waals surface area contributed by atoms with Crippen molar-refractivity contribution in [1.82, 2.24) is 5.32 Å². The zero-order chi connectivity index (χ0) is 7.82. The summed E-state index contributed by atoms with van der Waals surface area (Å²) in [6, 6.07) is 0. The average molecular weight is 142 g/mol. The second-order valence-corrected chi connectivity index (χ2v) is 2.63. The predicted octanol–water partition coefficient (Wildman–Crippen LogP) is 0.747. The summed E-state index contributed by atoms with van der Waals surface area (Å²) >= 11 is 0. The zero-order valence-corrected chi connectivity index (χ0v) is 6.77. The summed E-state index contributed by atoms with van der Waals surface area (Å²) in [5, 5.41) is 3.25. The van der Waals surface area contributed by atoms with Gasteiger partial charge in [-0.05, 0) is 25.4 Å². The second kappa shape index (κ2) is 6.78. The van der Waals surface area contributed by atoms with Crippen LogP contribution in [0.3, 0.4) is 0 Å². The second-order valence-electron chi connectivity index (χ2n) is 2.63. The molecule has 1 atom stereocenters. The number of nitrogens with one attached hydrogen (secondary N) is 1. The Morgan fingerprint density at radius 3 is 2.90 bits per heavy atom. The molecule has 0 radical (unpaired) electrons. The molecule has 1 unspecified atom stereocenters. The van der Waals surface area contributed by atoms with Crippen molar-refractivity contribution >= 4 is 0 Å². The molecular formula is C8H18N2. The molecule has 0 amide bonds. The van der Waals surface area contributed by atoms with Crippen LogP contribution in [-0.2, 0) is 0 Å². The van der Waals surface area contributed by atoms with Crippen LogP contribution in [0.4, 0.5) is 0 Å². The van der Waals surface area contributed by atoms with E-state index >= 15 is 0 Å². The highest BCUT2D eigenvalue weighted by Crippen LogP contribution is 1.96. The monoisotopic (exact) mass is 142 g/mol. The van der Waals surface area contributed by atoms with Crippen molar-refractivity contribution in [3.63, 3.8) is 0 Å². The molecule has 0 aromatic rings. The Morgan fingerprint density at radius 2 is 2.40 bits per heavy atom. The van der Waals surface area contributed by atoms with Gasteiger partial charge in [0.1, 0.15) is 0 Å². The fourth-order valence-corrected chi connectivity index (χ4v) is 0.818. The summed E-state index contributed by atoms with van der Waals surface area (Å²) in [5.74, 6) is 0.685. The Labute approximate surface area is 63.5 Å². The lowest BCUT2D eigenvalue weighted by Crippen LogP contribution is -2.22. The molecule has 0 fully saturated rings. The topological polar surface area (TPSA) is 38.0 Å². The van der Waals surface area contributed by atoms with Crippen LogP contribution in [0.5, 0.6) is 0 Å². The first-order valence-electron chi connectivity index (χ1n) is 3.83. The summed E-state index contributed by atoms with van der Waals surface area (Å²) in [4.78, 5) is 0. The maximum absolute atomic E-state index is 5.39. The van der Waals surface area contributed by atoms with Crippen LogP contribution >= 0.6 is 0 Å². The van der Waals surface area contributed by atoms with Crippen molar-refractivity contribution in [3.8, 4) is 0 Å². The molecule has 0 spiro atoms. The highest BCUT2D eigenvalue weighted by atomic mass is 14.8. The highest BCUT2D eigenvalue weighted by Gasteiger charge is 1.97. The van der Waals surface area contributed by atoms with Crippen molar-refractivity contribution in [3.05, 3.63) is 12.7 Å². The number of hydrogen-bond donors (Lipinski definition) is 2. The standard InChI is InChI=1S/C8H18N2/c1-3-6-10-7-8(2)4-5-9/h3,8,10H,1,4-7,9H2,2H3. The van der Waals surface area contributed by atoms with Gasteiger partial charge in [-0.15, -0.1) is 6.58 Å². The van der Waals surface area contributed by atoms with E-state index < -0.39 is 0 Å². The van der Waals surface area contributed by atoms with Crippen LogP contribution in [-0.4, -0.2) is 19.6 Å². The first-order valence-corrected chi connectivity index (χ1v) is 3.83. The van der Waals surface area contributed by atoms with Gasteiger partial charge in [0, 0.05) is 6.54 Å². The van der Waals surface area contributed by atoms with Gasteiger partial charge in [-0.25, -0.2) is 0 Å². The molecule has 3 N–H and O–H groups in total. The van der Waals surface area contributed by atoms with E-state index in [1.165, 1.54) is 0 Å². The van der Waals surface area contributed by atoms with Crippen molar-refractivity contribution in [2.45, 2.75) is 13.3 Å². The highest BCUT2D eigenvalue weighted by molar-refractivity contribution is 4.70. The van der Waals surface area contributed by atoms with Gasteiger partial charge in [0.25, 0.3) is 0 Å². The minimum atomic E-state index is 0.685. The Morgan fingerprint density at radius 1 is 1.70 bits per heavy atom. The molecule has 0 aromatic carbocycles. The minimum Gasteiger partial charge on any atom is -0.330 e. The summed E-state index contributed by atoms with van der Waals surface area (Å²) in [6.07, 6.45) is 2.97. The van der Waals surface area contributed by atoms with E-state index in [2.05, 4.69) is 18.8 Å². The van der Waals surface area contributed by atoms with E-state index in [0.29, 0.717) is 5.92 Å². The summed E-state index contributed by atoms with van der Waals surface area (Å²) < 4.78 is 0. The first-order chi connectivity index (χ1) is 4.81. The van der Waals surface area contributed by atoms with Gasteiger partial charge >= 0.3 is 0 Å². The molecule has 0 bridgehead atoms. The molecule has 2 heteroatoms. The van der Waals surface area contributed by atoms with Gasteiger partial charge in [-0.3, -0.25) is 0 Å². The average Bonchev–Trinajstić information content (AvgIpc) is 1.89. The van der Waals surface area contributed by atoms with Gasteiger partial charge < -0.3 is 11.1 Å². The zero-order valence-electron chi connectivity index (χ0n) is 6.77. The molecular weight excluding hydrogens is 124 g/mol. The lowest BCUT2D eigenvalue weighted by atomic mass is 10.1. The molecule has 2 nitrogen and oxygen atoms in total. The van der Waals surface area contributed by atoms with Crippen LogP contribution in [0.25, 0.3) is 0 Å². The third kappa shape index (κ3) is 5.79. The lowest BCUT2D eigenvalue weighted by Gasteiger charge is -2.08. The quantitative estimate of drug-likeness (QED) is 0.424.